The molecule has 2 rings (SSSR count). The van der Waals surface area contributed by atoms with Gasteiger partial charge in [0.15, 0.2) is 0 Å². The zero-order valence-electron chi connectivity index (χ0n) is 13.1. The fourth-order valence-electron chi connectivity index (χ4n) is 2.40. The first kappa shape index (κ1) is 17.4. The number of nitrogens with one attached hydrogen (secondary N) is 1. The fraction of sp³-hybridized carbons (Fsp3) is 0.571. The monoisotopic (exact) mass is 340 g/mol. The summed E-state index contributed by atoms with van der Waals surface area (Å²) in [4.78, 5) is 36.7. The molecule has 1 aliphatic rings. The van der Waals surface area contributed by atoms with Crippen LogP contribution in [-0.2, 0) is 4.79 Å². The minimum absolute atomic E-state index is 0.0848. The predicted molar refractivity (Wildman–Crippen MR) is 86.3 cm³/mol. The lowest BCUT2D eigenvalue weighted by Gasteiger charge is -2.25. The van der Waals surface area contributed by atoms with Crippen LogP contribution in [0.2, 0.25) is 0 Å². The molecule has 1 aliphatic heterocycles. The zero-order valence-corrected chi connectivity index (χ0v) is 13.9. The highest BCUT2D eigenvalue weighted by atomic mass is 32.1. The maximum absolute atomic E-state index is 12.5. The van der Waals surface area contributed by atoms with E-state index < -0.39 is 16.5 Å². The Balaban J connectivity index is 2.06. The lowest BCUT2D eigenvalue weighted by atomic mass is 10.1. The number of likely N-dealkylation sites (tertiary alicyclic amines) is 1. The van der Waals surface area contributed by atoms with E-state index in [1.165, 1.54) is 17.0 Å². The second-order valence-electron chi connectivity index (χ2n) is 6.26. The number of rotatable bonds is 5. The SMILES string of the molecule is CC(C)(N)CNC(=O)C1CCCN1C(=O)c1ccc([N+](=O)[O-])s1. The summed E-state index contributed by atoms with van der Waals surface area (Å²) in [7, 11) is 0. The molecule has 1 atom stereocenters. The van der Waals surface area contributed by atoms with E-state index in [0.717, 1.165) is 17.8 Å². The molecule has 1 fully saturated rings. The van der Waals surface area contributed by atoms with Gasteiger partial charge in [-0.1, -0.05) is 11.3 Å². The molecule has 23 heavy (non-hydrogen) atoms. The Kier molecular flexibility index (Phi) is 5.00. The molecule has 0 bridgehead atoms. The molecule has 8 nitrogen and oxygen atoms in total. The highest BCUT2D eigenvalue weighted by molar-refractivity contribution is 7.17. The summed E-state index contributed by atoms with van der Waals surface area (Å²) in [5.41, 5.74) is 5.31. The molecule has 2 amide bonds. The summed E-state index contributed by atoms with van der Waals surface area (Å²) in [6.45, 7) is 4.38. The van der Waals surface area contributed by atoms with Crippen molar-refractivity contribution in [3.63, 3.8) is 0 Å². The predicted octanol–water partition coefficient (Wildman–Crippen LogP) is 1.11. The van der Waals surface area contributed by atoms with Crippen molar-refractivity contribution in [1.82, 2.24) is 10.2 Å². The van der Waals surface area contributed by atoms with E-state index >= 15 is 0 Å². The van der Waals surface area contributed by atoms with E-state index in [1.807, 2.05) is 0 Å². The average molecular weight is 340 g/mol. The van der Waals surface area contributed by atoms with Crippen LogP contribution in [0.15, 0.2) is 12.1 Å². The van der Waals surface area contributed by atoms with Crippen LogP contribution < -0.4 is 11.1 Å². The van der Waals surface area contributed by atoms with Gasteiger partial charge in [-0.25, -0.2) is 0 Å². The van der Waals surface area contributed by atoms with Crippen LogP contribution >= 0.6 is 11.3 Å². The van der Waals surface area contributed by atoms with Crippen LogP contribution in [0.1, 0.15) is 36.4 Å². The van der Waals surface area contributed by atoms with E-state index in [-0.39, 0.29) is 21.7 Å². The number of hydrogen-bond acceptors (Lipinski definition) is 6. The number of carbonyl (C=O) groups excluding carboxylic acids is 2. The molecular weight excluding hydrogens is 320 g/mol. The van der Waals surface area contributed by atoms with Crippen molar-refractivity contribution >= 4 is 28.2 Å². The van der Waals surface area contributed by atoms with Crippen molar-refractivity contribution < 1.29 is 14.5 Å². The van der Waals surface area contributed by atoms with Crippen LogP contribution in [0.4, 0.5) is 5.00 Å². The second-order valence-corrected chi connectivity index (χ2v) is 7.32. The van der Waals surface area contributed by atoms with Gasteiger partial charge in [-0.05, 0) is 32.8 Å². The smallest absolute Gasteiger partial charge is 0.324 e. The summed E-state index contributed by atoms with van der Waals surface area (Å²) in [6.07, 6.45) is 1.30. The molecule has 126 valence electrons. The third kappa shape index (κ3) is 4.26. The van der Waals surface area contributed by atoms with Crippen molar-refractivity contribution in [1.29, 1.82) is 0 Å². The first-order valence-corrected chi connectivity index (χ1v) is 8.12. The normalized spacial score (nSPS) is 18.0. The van der Waals surface area contributed by atoms with Gasteiger partial charge in [0.05, 0.1) is 9.80 Å². The summed E-state index contributed by atoms with van der Waals surface area (Å²) in [5.74, 6) is -0.576. The number of thiophene rings is 1. The lowest BCUT2D eigenvalue weighted by Crippen LogP contribution is -2.51. The number of carbonyl (C=O) groups is 2. The Morgan fingerprint density at radius 1 is 1.52 bits per heavy atom. The standard InChI is InChI=1S/C14H20N4O4S/c1-14(2,15)8-16-12(19)9-4-3-7-17(9)13(20)10-5-6-11(23-10)18(21)22/h5-6,9H,3-4,7-8,15H2,1-2H3,(H,16,19). The minimum Gasteiger partial charge on any atom is -0.352 e. The van der Waals surface area contributed by atoms with Gasteiger partial charge in [0, 0.05) is 24.7 Å². The first-order valence-electron chi connectivity index (χ1n) is 7.31. The molecule has 0 radical (unpaired) electrons. The van der Waals surface area contributed by atoms with Crippen molar-refractivity contribution in [2.75, 3.05) is 13.1 Å². The van der Waals surface area contributed by atoms with E-state index in [2.05, 4.69) is 5.32 Å². The highest BCUT2D eigenvalue weighted by Crippen LogP contribution is 2.28. The van der Waals surface area contributed by atoms with Crippen molar-refractivity contribution in [3.8, 4) is 0 Å². The van der Waals surface area contributed by atoms with Crippen LogP contribution in [0, 0.1) is 10.1 Å². The molecular formula is C14H20N4O4S. The highest BCUT2D eigenvalue weighted by Gasteiger charge is 2.35. The Labute approximate surface area is 137 Å². The Bertz CT molecular complexity index is 623. The van der Waals surface area contributed by atoms with Gasteiger partial charge in [-0.3, -0.25) is 19.7 Å². The number of amides is 2. The second kappa shape index (κ2) is 6.63. The van der Waals surface area contributed by atoms with Crippen LogP contribution in [0.25, 0.3) is 0 Å². The maximum atomic E-state index is 12.5. The van der Waals surface area contributed by atoms with Gasteiger partial charge in [-0.15, -0.1) is 0 Å². The molecule has 0 aromatic carbocycles. The van der Waals surface area contributed by atoms with Gasteiger partial charge < -0.3 is 16.0 Å². The van der Waals surface area contributed by atoms with Gasteiger partial charge in [0.1, 0.15) is 6.04 Å². The van der Waals surface area contributed by atoms with Crippen molar-refractivity contribution in [2.24, 2.45) is 5.73 Å². The molecule has 1 aromatic rings. The van der Waals surface area contributed by atoms with Gasteiger partial charge >= 0.3 is 5.00 Å². The molecule has 1 saturated heterocycles. The van der Waals surface area contributed by atoms with Crippen molar-refractivity contribution in [2.45, 2.75) is 38.3 Å². The molecule has 1 unspecified atom stereocenters. The quantitative estimate of drug-likeness (QED) is 0.615. The Morgan fingerprint density at radius 3 is 2.78 bits per heavy atom. The summed E-state index contributed by atoms with van der Waals surface area (Å²) >= 11 is 0.825. The molecule has 0 spiro atoms. The van der Waals surface area contributed by atoms with E-state index in [0.29, 0.717) is 19.5 Å². The lowest BCUT2D eigenvalue weighted by molar-refractivity contribution is -0.380. The molecule has 9 heteroatoms. The van der Waals surface area contributed by atoms with E-state index in [4.69, 9.17) is 5.73 Å². The van der Waals surface area contributed by atoms with E-state index in [1.54, 1.807) is 13.8 Å². The third-order valence-corrected chi connectivity index (χ3v) is 4.54. The zero-order chi connectivity index (χ0) is 17.2. The van der Waals surface area contributed by atoms with Gasteiger partial charge in [-0.2, -0.15) is 0 Å². The van der Waals surface area contributed by atoms with Crippen LogP contribution in [0.3, 0.4) is 0 Å². The number of nitrogens with two attached hydrogens (primary N) is 1. The molecule has 0 saturated carbocycles. The fourth-order valence-corrected chi connectivity index (χ4v) is 3.17. The summed E-state index contributed by atoms with van der Waals surface area (Å²) in [5, 5.41) is 13.4. The maximum Gasteiger partial charge on any atom is 0.324 e. The summed E-state index contributed by atoms with van der Waals surface area (Å²) < 4.78 is 0. The molecule has 3 N–H and O–H groups in total. The number of nitrogens with zero attached hydrogens (tertiary/aromatic N) is 2. The molecule has 1 aromatic heterocycles. The molecule has 0 aliphatic carbocycles. The van der Waals surface area contributed by atoms with Gasteiger partial charge in [0.25, 0.3) is 5.91 Å². The van der Waals surface area contributed by atoms with Crippen molar-refractivity contribution in [3.05, 3.63) is 27.1 Å². The average Bonchev–Trinajstić information content (AvgIpc) is 3.11. The Hall–Kier alpha value is -2.00. The van der Waals surface area contributed by atoms with Gasteiger partial charge in [0.2, 0.25) is 5.91 Å². The Morgan fingerprint density at radius 2 is 2.22 bits per heavy atom. The molecule has 2 heterocycles. The minimum atomic E-state index is -0.550. The summed E-state index contributed by atoms with van der Waals surface area (Å²) in [6, 6.07) is 2.19. The van der Waals surface area contributed by atoms with Crippen LogP contribution in [0.5, 0.6) is 0 Å². The largest absolute Gasteiger partial charge is 0.352 e. The van der Waals surface area contributed by atoms with Crippen LogP contribution in [-0.4, -0.2) is 46.3 Å². The first-order chi connectivity index (χ1) is 10.7. The number of nitro groups is 1. The number of hydrogen-bond donors (Lipinski definition) is 2. The topological polar surface area (TPSA) is 119 Å². The van der Waals surface area contributed by atoms with E-state index in [9.17, 15) is 19.7 Å². The third-order valence-electron chi connectivity index (χ3n) is 3.52.